The van der Waals surface area contributed by atoms with Crippen molar-refractivity contribution in [3.8, 4) is 11.1 Å². The average Bonchev–Trinajstić information content (AvgIpc) is 3.21. The van der Waals surface area contributed by atoms with Crippen molar-refractivity contribution in [1.82, 2.24) is 9.88 Å². The Hall–Kier alpha value is -2.63. The Labute approximate surface area is 134 Å². The fraction of sp³-hybridized carbons (Fsp3) is 0.353. The van der Waals surface area contributed by atoms with Gasteiger partial charge in [0.25, 0.3) is 11.6 Å². The lowest BCUT2D eigenvalue weighted by atomic mass is 10.1. The van der Waals surface area contributed by atoms with Crippen molar-refractivity contribution < 1.29 is 9.72 Å². The Bertz CT molecular complexity index is 728. The summed E-state index contributed by atoms with van der Waals surface area (Å²) in [5, 5.41) is 10.7. The number of hydrogen-bond donors (Lipinski definition) is 1. The van der Waals surface area contributed by atoms with Crippen molar-refractivity contribution >= 4 is 11.6 Å². The molecule has 6 nitrogen and oxygen atoms in total. The molecule has 0 saturated heterocycles. The molecule has 1 aromatic carbocycles. The topological polar surface area (TPSA) is 79.2 Å². The van der Waals surface area contributed by atoms with E-state index in [9.17, 15) is 14.9 Å². The summed E-state index contributed by atoms with van der Waals surface area (Å²) in [4.78, 5) is 27.9. The first-order chi connectivity index (χ1) is 11.0. The number of non-ortho nitro benzene ring substituents is 1. The van der Waals surface area contributed by atoms with Gasteiger partial charge in [-0.3, -0.25) is 14.9 Å². The summed E-state index contributed by atoms with van der Waals surface area (Å²) in [5.41, 5.74) is 2.30. The Morgan fingerprint density at radius 1 is 1.26 bits per heavy atom. The molecule has 0 atom stereocenters. The van der Waals surface area contributed by atoms with E-state index < -0.39 is 4.92 Å². The fourth-order valence-electron chi connectivity index (χ4n) is 2.77. The summed E-state index contributed by atoms with van der Waals surface area (Å²) in [6.45, 7) is 4.05. The molecule has 6 heteroatoms. The molecule has 0 aliphatic heterocycles. The largest absolute Gasteiger partial charge is 0.357 e. The van der Waals surface area contributed by atoms with Crippen LogP contribution in [-0.2, 0) is 0 Å². The van der Waals surface area contributed by atoms with Gasteiger partial charge in [-0.1, -0.05) is 0 Å². The first-order valence-corrected chi connectivity index (χ1v) is 7.73. The number of nitrogens with one attached hydrogen (secondary N) is 1. The molecule has 1 aromatic heterocycles. The van der Waals surface area contributed by atoms with Gasteiger partial charge in [-0.25, -0.2) is 0 Å². The van der Waals surface area contributed by atoms with Crippen LogP contribution in [0.5, 0.6) is 0 Å². The summed E-state index contributed by atoms with van der Waals surface area (Å²) < 4.78 is 0. The number of nitrogens with zero attached hydrogens (tertiary/aromatic N) is 2. The van der Waals surface area contributed by atoms with Crippen LogP contribution < -0.4 is 0 Å². The fourth-order valence-corrected chi connectivity index (χ4v) is 2.77. The molecule has 1 amide bonds. The molecule has 2 aromatic rings. The minimum absolute atomic E-state index is 0.00987. The van der Waals surface area contributed by atoms with E-state index in [1.54, 1.807) is 24.4 Å². The normalized spacial score (nSPS) is 14.0. The quantitative estimate of drug-likeness (QED) is 0.676. The van der Waals surface area contributed by atoms with Crippen LogP contribution in [0.25, 0.3) is 11.1 Å². The van der Waals surface area contributed by atoms with Gasteiger partial charge in [0.15, 0.2) is 0 Å². The maximum absolute atomic E-state index is 12.7. The van der Waals surface area contributed by atoms with Gasteiger partial charge in [0.05, 0.1) is 4.92 Å². The van der Waals surface area contributed by atoms with E-state index in [-0.39, 0.29) is 17.6 Å². The molecule has 1 fully saturated rings. The van der Waals surface area contributed by atoms with Crippen LogP contribution in [0, 0.1) is 10.1 Å². The van der Waals surface area contributed by atoms with Crippen LogP contribution in [-0.4, -0.2) is 32.8 Å². The molecule has 1 aliphatic rings. The number of hydrogen-bond acceptors (Lipinski definition) is 3. The summed E-state index contributed by atoms with van der Waals surface area (Å²) in [7, 11) is 0. The van der Waals surface area contributed by atoms with Gasteiger partial charge < -0.3 is 9.88 Å². The molecule has 0 radical (unpaired) electrons. The number of aromatic nitrogens is 1. The van der Waals surface area contributed by atoms with E-state index in [0.717, 1.165) is 24.0 Å². The minimum atomic E-state index is -0.425. The van der Waals surface area contributed by atoms with Crippen molar-refractivity contribution in [3.05, 3.63) is 52.3 Å². The lowest BCUT2D eigenvalue weighted by Crippen LogP contribution is -2.38. The van der Waals surface area contributed by atoms with Crippen molar-refractivity contribution in [2.45, 2.75) is 38.8 Å². The zero-order chi connectivity index (χ0) is 16.6. The smallest absolute Gasteiger partial charge is 0.270 e. The van der Waals surface area contributed by atoms with Gasteiger partial charge in [-0.15, -0.1) is 0 Å². The van der Waals surface area contributed by atoms with Gasteiger partial charge in [-0.05, 0) is 56.0 Å². The van der Waals surface area contributed by atoms with Crippen molar-refractivity contribution in [3.63, 3.8) is 0 Å². The van der Waals surface area contributed by atoms with Gasteiger partial charge in [0, 0.05) is 30.4 Å². The highest BCUT2D eigenvalue weighted by Crippen LogP contribution is 2.31. The third-order valence-electron chi connectivity index (χ3n) is 4.06. The zero-order valence-corrected chi connectivity index (χ0v) is 13.2. The molecule has 1 heterocycles. The van der Waals surface area contributed by atoms with Crippen molar-refractivity contribution in [2.75, 3.05) is 0 Å². The predicted octanol–water partition coefficient (Wildman–Crippen LogP) is 3.60. The number of rotatable bonds is 5. The Balaban J connectivity index is 1.82. The first kappa shape index (κ1) is 15.3. The number of nitro benzene ring substituents is 1. The molecule has 0 unspecified atom stereocenters. The molecule has 1 saturated carbocycles. The Morgan fingerprint density at radius 3 is 2.43 bits per heavy atom. The molecule has 3 rings (SSSR count). The number of aromatic amines is 1. The molecular weight excluding hydrogens is 294 g/mol. The second kappa shape index (κ2) is 5.87. The number of benzene rings is 1. The standard InChI is InChI=1S/C17H19N3O3/c1-11(2)19(14-7-8-14)17(21)16-9-13(10-18-16)12-3-5-15(6-4-12)20(22)23/h3-6,9-11,14,18H,7-8H2,1-2H3. The van der Waals surface area contributed by atoms with Gasteiger partial charge in [0.2, 0.25) is 0 Å². The maximum Gasteiger partial charge on any atom is 0.270 e. The second-order valence-corrected chi connectivity index (χ2v) is 6.14. The Morgan fingerprint density at radius 2 is 1.91 bits per heavy atom. The van der Waals surface area contributed by atoms with E-state index in [1.165, 1.54) is 12.1 Å². The number of carbonyl (C=O) groups is 1. The molecular formula is C17H19N3O3. The van der Waals surface area contributed by atoms with E-state index in [4.69, 9.17) is 0 Å². The van der Waals surface area contributed by atoms with E-state index in [2.05, 4.69) is 4.98 Å². The first-order valence-electron chi connectivity index (χ1n) is 7.73. The van der Waals surface area contributed by atoms with Crippen LogP contribution in [0.15, 0.2) is 36.5 Å². The summed E-state index contributed by atoms with van der Waals surface area (Å²) >= 11 is 0. The molecule has 23 heavy (non-hydrogen) atoms. The van der Waals surface area contributed by atoms with Crippen LogP contribution >= 0.6 is 0 Å². The number of H-pyrrole nitrogens is 1. The highest BCUT2D eigenvalue weighted by molar-refractivity contribution is 5.94. The van der Waals surface area contributed by atoms with E-state index in [1.807, 2.05) is 18.7 Å². The second-order valence-electron chi connectivity index (χ2n) is 6.14. The maximum atomic E-state index is 12.7. The highest BCUT2D eigenvalue weighted by atomic mass is 16.6. The lowest BCUT2D eigenvalue weighted by molar-refractivity contribution is -0.384. The Kier molecular flexibility index (Phi) is 3.90. The predicted molar refractivity (Wildman–Crippen MR) is 87.2 cm³/mol. The van der Waals surface area contributed by atoms with Crippen molar-refractivity contribution in [1.29, 1.82) is 0 Å². The number of amides is 1. The highest BCUT2D eigenvalue weighted by Gasteiger charge is 2.35. The summed E-state index contributed by atoms with van der Waals surface area (Å²) in [5.74, 6) is 0.00987. The van der Waals surface area contributed by atoms with E-state index >= 15 is 0 Å². The SMILES string of the molecule is CC(C)N(C(=O)c1cc(-c2ccc([N+](=O)[O-])cc2)c[nH]1)C1CC1. The van der Waals surface area contributed by atoms with Gasteiger partial charge in [0.1, 0.15) is 5.69 Å². The molecule has 0 spiro atoms. The zero-order valence-electron chi connectivity index (χ0n) is 13.2. The number of carbonyl (C=O) groups excluding carboxylic acids is 1. The van der Waals surface area contributed by atoms with Crippen LogP contribution in [0.2, 0.25) is 0 Å². The third-order valence-corrected chi connectivity index (χ3v) is 4.06. The monoisotopic (exact) mass is 313 g/mol. The summed E-state index contributed by atoms with van der Waals surface area (Å²) in [6, 6.07) is 8.65. The average molecular weight is 313 g/mol. The van der Waals surface area contributed by atoms with E-state index in [0.29, 0.717) is 11.7 Å². The van der Waals surface area contributed by atoms with Crippen LogP contribution in [0.3, 0.4) is 0 Å². The molecule has 1 N–H and O–H groups in total. The number of nitro groups is 1. The van der Waals surface area contributed by atoms with Gasteiger partial charge >= 0.3 is 0 Å². The minimum Gasteiger partial charge on any atom is -0.357 e. The molecule has 1 aliphatic carbocycles. The van der Waals surface area contributed by atoms with Crippen LogP contribution in [0.4, 0.5) is 5.69 Å². The third kappa shape index (κ3) is 3.11. The molecule has 0 bridgehead atoms. The lowest BCUT2D eigenvalue weighted by Gasteiger charge is -2.26. The molecule has 120 valence electrons. The summed E-state index contributed by atoms with van der Waals surface area (Å²) in [6.07, 6.45) is 3.90. The van der Waals surface area contributed by atoms with Crippen molar-refractivity contribution in [2.24, 2.45) is 0 Å². The van der Waals surface area contributed by atoms with Crippen LogP contribution in [0.1, 0.15) is 37.2 Å². The van der Waals surface area contributed by atoms with Gasteiger partial charge in [-0.2, -0.15) is 0 Å².